The second-order valence-electron chi connectivity index (χ2n) is 9.01. The van der Waals surface area contributed by atoms with Gasteiger partial charge < -0.3 is 15.1 Å². The molecular weight excluding hydrogens is 402 g/mol. The Morgan fingerprint density at radius 1 is 1.06 bits per heavy atom. The van der Waals surface area contributed by atoms with E-state index >= 15 is 0 Å². The minimum Gasteiger partial charge on any atom is -0.417 e. The van der Waals surface area contributed by atoms with Gasteiger partial charge in [-0.25, -0.2) is 9.97 Å². The SMILES string of the molecule is Cc1ccnc(C)c1-c1nc2cnc(N3CCC4(CC3)Cc3ncccc3[C@H]4N)nc2o1. The molecule has 1 aliphatic carbocycles. The second kappa shape index (κ2) is 7.06. The second-order valence-corrected chi connectivity index (χ2v) is 9.01. The van der Waals surface area contributed by atoms with Crippen LogP contribution in [0.25, 0.3) is 22.7 Å². The van der Waals surface area contributed by atoms with Crippen LogP contribution in [0.15, 0.2) is 41.2 Å². The number of hydrogen-bond donors (Lipinski definition) is 1. The van der Waals surface area contributed by atoms with Gasteiger partial charge in [-0.3, -0.25) is 9.97 Å². The highest BCUT2D eigenvalue weighted by atomic mass is 16.4. The largest absolute Gasteiger partial charge is 0.417 e. The summed E-state index contributed by atoms with van der Waals surface area (Å²) in [6.07, 6.45) is 8.33. The van der Waals surface area contributed by atoms with Gasteiger partial charge in [0.15, 0.2) is 0 Å². The number of nitrogens with zero attached hydrogens (tertiary/aromatic N) is 6. The number of nitrogens with two attached hydrogens (primary N) is 1. The molecule has 162 valence electrons. The lowest BCUT2D eigenvalue weighted by Gasteiger charge is -2.41. The fourth-order valence-corrected chi connectivity index (χ4v) is 5.30. The molecule has 1 aliphatic heterocycles. The predicted octanol–water partition coefficient (Wildman–Crippen LogP) is 3.53. The smallest absolute Gasteiger partial charge is 0.252 e. The van der Waals surface area contributed by atoms with Crippen LogP contribution in [0, 0.1) is 19.3 Å². The summed E-state index contributed by atoms with van der Waals surface area (Å²) in [4.78, 5) is 25.1. The van der Waals surface area contributed by atoms with Crippen molar-refractivity contribution in [2.24, 2.45) is 11.1 Å². The zero-order valence-corrected chi connectivity index (χ0v) is 18.2. The lowest BCUT2D eigenvalue weighted by molar-refractivity contribution is 0.186. The molecule has 4 aromatic heterocycles. The Balaban J connectivity index is 1.25. The molecule has 8 heteroatoms. The Labute approximate surface area is 185 Å². The first kappa shape index (κ1) is 19.3. The molecule has 0 aromatic carbocycles. The number of fused-ring (bicyclic) bond motifs is 2. The van der Waals surface area contributed by atoms with Crippen LogP contribution in [0.3, 0.4) is 0 Å². The van der Waals surface area contributed by atoms with E-state index in [0.717, 1.165) is 54.9 Å². The molecule has 1 fully saturated rings. The fraction of sp³-hybridized carbons (Fsp3) is 0.375. The summed E-state index contributed by atoms with van der Waals surface area (Å²) in [5, 5.41) is 0. The van der Waals surface area contributed by atoms with Crippen molar-refractivity contribution in [3.8, 4) is 11.5 Å². The van der Waals surface area contributed by atoms with Crippen molar-refractivity contribution in [2.45, 2.75) is 39.2 Å². The minimum absolute atomic E-state index is 0.0412. The molecule has 2 N–H and O–H groups in total. The summed E-state index contributed by atoms with van der Waals surface area (Å²) in [5.74, 6) is 1.21. The van der Waals surface area contributed by atoms with Gasteiger partial charge in [0.25, 0.3) is 5.71 Å². The molecule has 6 rings (SSSR count). The van der Waals surface area contributed by atoms with E-state index in [2.05, 4.69) is 30.9 Å². The number of anilines is 1. The molecule has 2 aliphatic rings. The Morgan fingerprint density at radius 2 is 1.91 bits per heavy atom. The standard InChI is InChI=1S/C24H25N7O/c1-14-5-9-26-15(2)19(14)22-29-18-13-28-23(30-21(18)32-22)31-10-6-24(7-11-31)12-17-16(20(24)25)4-3-8-27-17/h3-5,8-9,13,20H,6-7,10-12,25H2,1-2H3/t20-/m1/s1. The van der Waals surface area contributed by atoms with Crippen molar-refractivity contribution in [3.63, 3.8) is 0 Å². The molecule has 5 heterocycles. The maximum atomic E-state index is 6.68. The molecule has 8 nitrogen and oxygen atoms in total. The van der Waals surface area contributed by atoms with Gasteiger partial charge in [0, 0.05) is 37.2 Å². The van der Waals surface area contributed by atoms with Gasteiger partial charge in [-0.15, -0.1) is 0 Å². The normalized spacial score (nSPS) is 19.6. The van der Waals surface area contributed by atoms with E-state index in [1.165, 1.54) is 5.56 Å². The fourth-order valence-electron chi connectivity index (χ4n) is 5.30. The highest BCUT2D eigenvalue weighted by Gasteiger charge is 2.46. The van der Waals surface area contributed by atoms with Crippen molar-refractivity contribution in [1.29, 1.82) is 0 Å². The molecule has 4 aromatic rings. The van der Waals surface area contributed by atoms with Gasteiger partial charge in [0.2, 0.25) is 11.8 Å². The summed E-state index contributed by atoms with van der Waals surface area (Å²) >= 11 is 0. The molecule has 0 radical (unpaired) electrons. The summed E-state index contributed by atoms with van der Waals surface area (Å²) in [7, 11) is 0. The number of piperidine rings is 1. The number of hydrogen-bond acceptors (Lipinski definition) is 8. The number of aromatic nitrogens is 5. The van der Waals surface area contributed by atoms with E-state index in [1.54, 1.807) is 12.4 Å². The van der Waals surface area contributed by atoms with Crippen LogP contribution in [0.1, 0.15) is 41.4 Å². The summed E-state index contributed by atoms with van der Waals surface area (Å²) in [6, 6.07) is 6.10. The highest BCUT2D eigenvalue weighted by molar-refractivity contribution is 5.74. The minimum atomic E-state index is 0.0412. The third kappa shape index (κ3) is 2.90. The van der Waals surface area contributed by atoms with Crippen LogP contribution < -0.4 is 10.6 Å². The van der Waals surface area contributed by atoms with E-state index in [1.807, 2.05) is 32.2 Å². The molecule has 0 unspecified atom stereocenters. The quantitative estimate of drug-likeness (QED) is 0.518. The number of aryl methyl sites for hydroxylation is 2. The van der Waals surface area contributed by atoms with Crippen LogP contribution >= 0.6 is 0 Å². The van der Waals surface area contributed by atoms with Crippen LogP contribution in [-0.4, -0.2) is 38.0 Å². The molecule has 0 amide bonds. The van der Waals surface area contributed by atoms with Crippen LogP contribution in [0.5, 0.6) is 0 Å². The van der Waals surface area contributed by atoms with E-state index in [9.17, 15) is 0 Å². The summed E-state index contributed by atoms with van der Waals surface area (Å²) in [5.41, 5.74) is 13.1. The Hall–Kier alpha value is -3.39. The van der Waals surface area contributed by atoms with Gasteiger partial charge in [0.05, 0.1) is 17.5 Å². The number of oxazole rings is 1. The van der Waals surface area contributed by atoms with Crippen molar-refractivity contribution < 1.29 is 4.42 Å². The molecular formula is C24H25N7O. The summed E-state index contributed by atoms with van der Waals surface area (Å²) < 4.78 is 6.04. The van der Waals surface area contributed by atoms with Crippen LogP contribution in [-0.2, 0) is 6.42 Å². The Morgan fingerprint density at radius 3 is 2.69 bits per heavy atom. The average Bonchev–Trinajstić information content (AvgIpc) is 3.33. The van der Waals surface area contributed by atoms with Crippen LogP contribution in [0.2, 0.25) is 0 Å². The van der Waals surface area contributed by atoms with Gasteiger partial charge in [-0.1, -0.05) is 6.07 Å². The molecule has 0 bridgehead atoms. The van der Waals surface area contributed by atoms with Crippen molar-refractivity contribution in [3.05, 3.63) is 59.3 Å². The lowest BCUT2D eigenvalue weighted by atomic mass is 9.73. The molecule has 1 saturated heterocycles. The first-order valence-corrected chi connectivity index (χ1v) is 11.0. The zero-order valence-electron chi connectivity index (χ0n) is 18.2. The van der Waals surface area contributed by atoms with Gasteiger partial charge >= 0.3 is 0 Å². The van der Waals surface area contributed by atoms with Crippen molar-refractivity contribution >= 4 is 17.2 Å². The maximum absolute atomic E-state index is 6.68. The van der Waals surface area contributed by atoms with Gasteiger partial charge in [-0.05, 0) is 61.8 Å². The highest BCUT2D eigenvalue weighted by Crippen LogP contribution is 2.50. The monoisotopic (exact) mass is 427 g/mol. The maximum Gasteiger partial charge on any atom is 0.252 e. The Bertz CT molecular complexity index is 1300. The molecule has 0 saturated carbocycles. The lowest BCUT2D eigenvalue weighted by Crippen LogP contribution is -2.44. The third-order valence-electron chi connectivity index (χ3n) is 7.18. The molecule has 1 atom stereocenters. The summed E-state index contributed by atoms with van der Waals surface area (Å²) in [6.45, 7) is 5.70. The van der Waals surface area contributed by atoms with Gasteiger partial charge in [0.1, 0.15) is 5.52 Å². The first-order valence-electron chi connectivity index (χ1n) is 11.0. The van der Waals surface area contributed by atoms with E-state index in [4.69, 9.17) is 15.1 Å². The molecule has 1 spiro atoms. The number of rotatable bonds is 2. The van der Waals surface area contributed by atoms with E-state index in [0.29, 0.717) is 23.1 Å². The first-order chi connectivity index (χ1) is 15.5. The van der Waals surface area contributed by atoms with Crippen molar-refractivity contribution in [1.82, 2.24) is 24.9 Å². The third-order valence-corrected chi connectivity index (χ3v) is 7.18. The number of pyridine rings is 2. The van der Waals surface area contributed by atoms with E-state index in [-0.39, 0.29) is 11.5 Å². The van der Waals surface area contributed by atoms with Crippen LogP contribution in [0.4, 0.5) is 5.95 Å². The zero-order chi connectivity index (χ0) is 21.9. The Kier molecular flexibility index (Phi) is 4.26. The van der Waals surface area contributed by atoms with Crippen molar-refractivity contribution in [2.75, 3.05) is 18.0 Å². The topological polar surface area (TPSA) is 107 Å². The van der Waals surface area contributed by atoms with E-state index < -0.39 is 0 Å². The average molecular weight is 428 g/mol. The molecule has 32 heavy (non-hydrogen) atoms. The van der Waals surface area contributed by atoms with Gasteiger partial charge in [-0.2, -0.15) is 4.98 Å². The predicted molar refractivity (Wildman–Crippen MR) is 121 cm³/mol.